The average molecular weight is 363 g/mol. The molecule has 25 heavy (non-hydrogen) atoms. The predicted octanol–water partition coefficient (Wildman–Crippen LogP) is 3.45. The van der Waals surface area contributed by atoms with E-state index in [4.69, 9.17) is 16.3 Å². The molecule has 0 radical (unpaired) electrons. The Balaban J connectivity index is 1.57. The molecular formula is C19H20ClFN2O2. The van der Waals surface area contributed by atoms with Crippen LogP contribution in [-0.2, 0) is 6.54 Å². The quantitative estimate of drug-likeness (QED) is 0.835. The minimum atomic E-state index is -0.532. The van der Waals surface area contributed by atoms with Crippen LogP contribution in [0.3, 0.4) is 0 Å². The van der Waals surface area contributed by atoms with Crippen molar-refractivity contribution in [1.82, 2.24) is 9.80 Å². The fourth-order valence-corrected chi connectivity index (χ4v) is 3.10. The first-order valence-corrected chi connectivity index (χ1v) is 8.54. The highest BCUT2D eigenvalue weighted by Gasteiger charge is 2.24. The lowest BCUT2D eigenvalue weighted by Crippen LogP contribution is -2.48. The first kappa shape index (κ1) is 17.7. The van der Waals surface area contributed by atoms with E-state index in [0.29, 0.717) is 18.1 Å². The molecule has 0 aliphatic carbocycles. The third-order valence-corrected chi connectivity index (χ3v) is 4.62. The minimum absolute atomic E-state index is 0.0381. The van der Waals surface area contributed by atoms with Crippen molar-refractivity contribution < 1.29 is 13.9 Å². The number of hydrogen-bond acceptors (Lipinski definition) is 3. The summed E-state index contributed by atoms with van der Waals surface area (Å²) in [6.07, 6.45) is 0. The van der Waals surface area contributed by atoms with Gasteiger partial charge in [0.15, 0.2) is 0 Å². The summed E-state index contributed by atoms with van der Waals surface area (Å²) in [5.74, 6) is 0.00174. The number of methoxy groups -OCH3 is 1. The van der Waals surface area contributed by atoms with Gasteiger partial charge in [-0.15, -0.1) is 0 Å². The maximum atomic E-state index is 13.9. The molecule has 0 bridgehead atoms. The fraction of sp³-hybridized carbons (Fsp3) is 0.316. The molecule has 0 unspecified atom stereocenters. The molecule has 4 nitrogen and oxygen atoms in total. The van der Waals surface area contributed by atoms with Crippen LogP contribution in [0.25, 0.3) is 0 Å². The second-order valence-electron chi connectivity index (χ2n) is 6.04. The molecule has 6 heteroatoms. The Bertz CT molecular complexity index is 744. The summed E-state index contributed by atoms with van der Waals surface area (Å²) in [4.78, 5) is 16.5. The number of rotatable bonds is 4. The summed E-state index contributed by atoms with van der Waals surface area (Å²) in [7, 11) is 1.65. The Morgan fingerprint density at radius 2 is 1.80 bits per heavy atom. The summed E-state index contributed by atoms with van der Waals surface area (Å²) in [5.41, 5.74) is 1.23. The van der Waals surface area contributed by atoms with Crippen LogP contribution in [0.15, 0.2) is 42.5 Å². The number of carbonyl (C=O) groups excluding carboxylic acids is 1. The topological polar surface area (TPSA) is 32.8 Å². The van der Waals surface area contributed by atoms with E-state index in [1.165, 1.54) is 23.8 Å². The van der Waals surface area contributed by atoms with Crippen LogP contribution in [0.4, 0.5) is 4.39 Å². The lowest BCUT2D eigenvalue weighted by Gasteiger charge is -2.34. The molecule has 1 saturated heterocycles. The predicted molar refractivity (Wildman–Crippen MR) is 95.6 cm³/mol. The van der Waals surface area contributed by atoms with E-state index in [9.17, 15) is 9.18 Å². The third-order valence-electron chi connectivity index (χ3n) is 4.38. The standard InChI is InChI=1S/C19H20ClFN2O2/c1-25-16-5-2-14(3-6-16)13-22-8-10-23(11-9-22)19(24)17-12-15(20)4-7-18(17)21/h2-7,12H,8-11,13H2,1H3. The molecule has 1 fully saturated rings. The van der Waals surface area contributed by atoms with Crippen molar-refractivity contribution in [3.8, 4) is 5.75 Å². The molecule has 0 aromatic heterocycles. The first-order chi connectivity index (χ1) is 12.1. The second kappa shape index (κ2) is 7.85. The number of halogens is 2. The van der Waals surface area contributed by atoms with Crippen molar-refractivity contribution >= 4 is 17.5 Å². The summed E-state index contributed by atoms with van der Waals surface area (Å²) < 4.78 is 19.0. The van der Waals surface area contributed by atoms with Crippen LogP contribution in [-0.4, -0.2) is 49.0 Å². The van der Waals surface area contributed by atoms with Gasteiger partial charge in [0.1, 0.15) is 11.6 Å². The van der Waals surface area contributed by atoms with Gasteiger partial charge in [0.05, 0.1) is 12.7 Å². The Hall–Kier alpha value is -2.11. The molecule has 1 heterocycles. The van der Waals surface area contributed by atoms with Crippen molar-refractivity contribution in [3.05, 3.63) is 64.4 Å². The van der Waals surface area contributed by atoms with Gasteiger partial charge in [0.2, 0.25) is 0 Å². The van der Waals surface area contributed by atoms with Gasteiger partial charge in [-0.25, -0.2) is 4.39 Å². The number of carbonyl (C=O) groups is 1. The molecule has 1 amide bonds. The molecule has 1 aliphatic heterocycles. The Morgan fingerprint density at radius 3 is 2.44 bits per heavy atom. The maximum absolute atomic E-state index is 13.9. The van der Waals surface area contributed by atoms with Crippen molar-refractivity contribution in [2.45, 2.75) is 6.54 Å². The zero-order valence-electron chi connectivity index (χ0n) is 14.0. The molecule has 1 aliphatic rings. The molecular weight excluding hydrogens is 343 g/mol. The summed E-state index contributed by atoms with van der Waals surface area (Å²) in [6.45, 7) is 3.46. The van der Waals surface area contributed by atoms with Crippen LogP contribution < -0.4 is 4.74 Å². The van der Waals surface area contributed by atoms with Crippen LogP contribution in [0, 0.1) is 5.82 Å². The molecule has 0 spiro atoms. The smallest absolute Gasteiger partial charge is 0.256 e. The van der Waals surface area contributed by atoms with E-state index in [1.54, 1.807) is 12.0 Å². The van der Waals surface area contributed by atoms with Gasteiger partial charge in [-0.05, 0) is 35.9 Å². The highest BCUT2D eigenvalue weighted by molar-refractivity contribution is 6.31. The van der Waals surface area contributed by atoms with E-state index in [2.05, 4.69) is 4.90 Å². The summed E-state index contributed by atoms with van der Waals surface area (Å²) >= 11 is 5.88. The van der Waals surface area contributed by atoms with Gasteiger partial charge in [-0.2, -0.15) is 0 Å². The minimum Gasteiger partial charge on any atom is -0.497 e. The number of hydrogen-bond donors (Lipinski definition) is 0. The lowest BCUT2D eigenvalue weighted by atomic mass is 10.1. The van der Waals surface area contributed by atoms with Crippen molar-refractivity contribution in [2.75, 3.05) is 33.3 Å². The molecule has 3 rings (SSSR count). The SMILES string of the molecule is COc1ccc(CN2CCN(C(=O)c3cc(Cl)ccc3F)CC2)cc1. The van der Waals surface area contributed by atoms with Gasteiger partial charge in [0.25, 0.3) is 5.91 Å². The Labute approximate surface area is 151 Å². The van der Waals surface area contributed by atoms with Crippen LogP contribution in [0.2, 0.25) is 5.02 Å². The van der Waals surface area contributed by atoms with Crippen LogP contribution in [0.1, 0.15) is 15.9 Å². The van der Waals surface area contributed by atoms with Gasteiger partial charge in [-0.3, -0.25) is 9.69 Å². The molecule has 0 saturated carbocycles. The number of piperazine rings is 1. The second-order valence-corrected chi connectivity index (χ2v) is 6.48. The van der Waals surface area contributed by atoms with Gasteiger partial charge < -0.3 is 9.64 Å². The Kier molecular flexibility index (Phi) is 5.56. The molecule has 2 aromatic carbocycles. The van der Waals surface area contributed by atoms with E-state index in [1.807, 2.05) is 24.3 Å². The molecule has 0 N–H and O–H groups in total. The van der Waals surface area contributed by atoms with E-state index in [-0.39, 0.29) is 11.5 Å². The zero-order valence-corrected chi connectivity index (χ0v) is 14.8. The van der Waals surface area contributed by atoms with Gasteiger partial charge in [0, 0.05) is 37.7 Å². The molecule has 2 aromatic rings. The summed E-state index contributed by atoms with van der Waals surface area (Å²) in [5, 5.41) is 0.364. The van der Waals surface area contributed by atoms with Crippen LogP contribution in [0.5, 0.6) is 5.75 Å². The molecule has 0 atom stereocenters. The number of nitrogens with zero attached hydrogens (tertiary/aromatic N) is 2. The van der Waals surface area contributed by atoms with Crippen molar-refractivity contribution in [1.29, 1.82) is 0 Å². The molecule has 132 valence electrons. The first-order valence-electron chi connectivity index (χ1n) is 8.16. The van der Waals surface area contributed by atoms with Crippen molar-refractivity contribution in [3.63, 3.8) is 0 Å². The van der Waals surface area contributed by atoms with E-state index in [0.717, 1.165) is 25.4 Å². The third kappa shape index (κ3) is 4.30. The van der Waals surface area contributed by atoms with E-state index >= 15 is 0 Å². The Morgan fingerprint density at radius 1 is 1.12 bits per heavy atom. The van der Waals surface area contributed by atoms with Gasteiger partial charge in [-0.1, -0.05) is 23.7 Å². The maximum Gasteiger partial charge on any atom is 0.256 e. The van der Waals surface area contributed by atoms with E-state index < -0.39 is 5.82 Å². The number of ether oxygens (including phenoxy) is 1. The monoisotopic (exact) mass is 362 g/mol. The average Bonchev–Trinajstić information content (AvgIpc) is 2.64. The zero-order chi connectivity index (χ0) is 17.8. The largest absolute Gasteiger partial charge is 0.497 e. The van der Waals surface area contributed by atoms with Crippen LogP contribution >= 0.6 is 11.6 Å². The fourth-order valence-electron chi connectivity index (χ4n) is 2.93. The highest BCUT2D eigenvalue weighted by Crippen LogP contribution is 2.19. The number of amides is 1. The lowest BCUT2D eigenvalue weighted by molar-refractivity contribution is 0.0624. The normalized spacial score (nSPS) is 15.2. The highest BCUT2D eigenvalue weighted by atomic mass is 35.5. The summed E-state index contributed by atoms with van der Waals surface area (Å²) in [6, 6.07) is 12.0. The van der Waals surface area contributed by atoms with Gasteiger partial charge >= 0.3 is 0 Å². The number of benzene rings is 2. The van der Waals surface area contributed by atoms with Crippen molar-refractivity contribution in [2.24, 2.45) is 0 Å².